The van der Waals surface area contributed by atoms with Gasteiger partial charge in [-0.2, -0.15) is 14.0 Å². The molecule has 0 aromatic heterocycles. The SMILES string of the molecule is CC1(O)c2c(ccc(Oc3cc(F)cc(F)c3)c2C#N)S(=O)(=O)C1(F)F. The van der Waals surface area contributed by atoms with Gasteiger partial charge in [-0.25, -0.2) is 17.2 Å². The van der Waals surface area contributed by atoms with Crippen LogP contribution >= 0.6 is 0 Å². The highest BCUT2D eigenvalue weighted by atomic mass is 32.2. The van der Waals surface area contributed by atoms with Crippen LogP contribution in [0.5, 0.6) is 11.5 Å². The number of benzene rings is 2. The molecule has 10 heteroatoms. The topological polar surface area (TPSA) is 87.4 Å². The number of nitrogens with zero attached hydrogens (tertiary/aromatic N) is 1. The van der Waals surface area contributed by atoms with E-state index in [-0.39, 0.29) is 5.75 Å². The van der Waals surface area contributed by atoms with Gasteiger partial charge >= 0.3 is 5.25 Å². The Labute approximate surface area is 145 Å². The second kappa shape index (κ2) is 5.43. The van der Waals surface area contributed by atoms with Gasteiger partial charge in [-0.15, -0.1) is 0 Å². The molecule has 0 radical (unpaired) electrons. The number of ether oxygens (including phenoxy) is 1. The Bertz CT molecular complexity index is 1050. The lowest BCUT2D eigenvalue weighted by atomic mass is 9.91. The van der Waals surface area contributed by atoms with Crippen LogP contribution in [0.15, 0.2) is 35.2 Å². The predicted octanol–water partition coefficient (Wildman–Crippen LogP) is 3.22. The number of halogens is 4. The zero-order valence-corrected chi connectivity index (χ0v) is 13.7. The minimum absolute atomic E-state index is 0.383. The molecule has 0 bridgehead atoms. The fraction of sp³-hybridized carbons (Fsp3) is 0.188. The van der Waals surface area contributed by atoms with E-state index < -0.39 is 54.1 Å². The van der Waals surface area contributed by atoms with Crippen LogP contribution in [-0.2, 0) is 15.4 Å². The summed E-state index contributed by atoms with van der Waals surface area (Å²) < 4.78 is 84.0. The summed E-state index contributed by atoms with van der Waals surface area (Å²) in [6, 6.07) is 5.27. The molecular weight excluding hydrogens is 378 g/mol. The molecule has 3 rings (SSSR count). The maximum atomic E-state index is 14.2. The zero-order chi connectivity index (χ0) is 19.5. The molecule has 1 unspecified atom stereocenters. The molecule has 2 aromatic rings. The molecule has 5 nitrogen and oxygen atoms in total. The highest BCUT2D eigenvalue weighted by molar-refractivity contribution is 7.93. The van der Waals surface area contributed by atoms with Crippen molar-refractivity contribution in [2.75, 3.05) is 0 Å². The summed E-state index contributed by atoms with van der Waals surface area (Å²) in [6.07, 6.45) is 0. The van der Waals surface area contributed by atoms with Crippen molar-refractivity contribution in [2.45, 2.75) is 22.7 Å². The highest BCUT2D eigenvalue weighted by Crippen LogP contribution is 2.55. The molecule has 1 heterocycles. The summed E-state index contributed by atoms with van der Waals surface area (Å²) in [5.41, 5.74) is -4.71. The Hall–Kier alpha value is -2.64. The Morgan fingerprint density at radius 2 is 1.73 bits per heavy atom. The van der Waals surface area contributed by atoms with Crippen LogP contribution in [-0.4, -0.2) is 18.8 Å². The van der Waals surface area contributed by atoms with Gasteiger partial charge in [0.05, 0.1) is 4.90 Å². The molecule has 136 valence electrons. The van der Waals surface area contributed by atoms with Gasteiger partial charge in [-0.1, -0.05) is 0 Å². The predicted molar refractivity (Wildman–Crippen MR) is 79.3 cm³/mol. The average Bonchev–Trinajstić information content (AvgIpc) is 2.62. The first-order chi connectivity index (χ1) is 11.9. The minimum atomic E-state index is -5.24. The smallest absolute Gasteiger partial charge is 0.381 e. The van der Waals surface area contributed by atoms with Gasteiger partial charge < -0.3 is 9.84 Å². The van der Waals surface area contributed by atoms with Crippen molar-refractivity contribution in [1.82, 2.24) is 0 Å². The van der Waals surface area contributed by atoms with Gasteiger partial charge in [0, 0.05) is 23.8 Å². The lowest BCUT2D eigenvalue weighted by molar-refractivity contribution is -0.115. The number of aliphatic hydroxyl groups is 1. The quantitative estimate of drug-likeness (QED) is 0.800. The van der Waals surface area contributed by atoms with Crippen molar-refractivity contribution in [1.29, 1.82) is 5.26 Å². The van der Waals surface area contributed by atoms with E-state index in [4.69, 9.17) is 4.74 Å². The third kappa shape index (κ3) is 2.28. The Morgan fingerprint density at radius 1 is 1.15 bits per heavy atom. The third-order valence-electron chi connectivity index (χ3n) is 3.99. The molecule has 1 N–H and O–H groups in total. The summed E-state index contributed by atoms with van der Waals surface area (Å²) in [5, 5.41) is 14.9. The van der Waals surface area contributed by atoms with Gasteiger partial charge in [0.15, 0.2) is 5.60 Å². The van der Waals surface area contributed by atoms with E-state index in [1.54, 1.807) is 0 Å². The number of nitriles is 1. The summed E-state index contributed by atoms with van der Waals surface area (Å²) in [4.78, 5) is -0.915. The number of hydrogen-bond donors (Lipinski definition) is 1. The van der Waals surface area contributed by atoms with Crippen molar-refractivity contribution in [3.8, 4) is 17.6 Å². The van der Waals surface area contributed by atoms with E-state index in [0.29, 0.717) is 13.0 Å². The number of fused-ring (bicyclic) bond motifs is 1. The van der Waals surface area contributed by atoms with E-state index in [9.17, 15) is 36.3 Å². The molecule has 1 aliphatic heterocycles. The summed E-state index contributed by atoms with van der Waals surface area (Å²) in [6.45, 7) is 0.558. The highest BCUT2D eigenvalue weighted by Gasteiger charge is 2.68. The normalized spacial score (nSPS) is 22.5. The fourth-order valence-electron chi connectivity index (χ4n) is 2.73. The van der Waals surface area contributed by atoms with Gasteiger partial charge in [-0.3, -0.25) is 0 Å². The second-order valence-electron chi connectivity index (χ2n) is 5.72. The Balaban J connectivity index is 2.24. The molecule has 26 heavy (non-hydrogen) atoms. The second-order valence-corrected chi connectivity index (χ2v) is 7.68. The molecule has 0 saturated heterocycles. The van der Waals surface area contributed by atoms with Crippen molar-refractivity contribution in [3.05, 3.63) is 53.1 Å². The molecule has 0 aliphatic carbocycles. The van der Waals surface area contributed by atoms with E-state index in [0.717, 1.165) is 24.3 Å². The van der Waals surface area contributed by atoms with Crippen LogP contribution in [0.4, 0.5) is 17.6 Å². The largest absolute Gasteiger partial charge is 0.456 e. The molecule has 0 saturated carbocycles. The standard InChI is InChI=1S/C16H9F4NO4S/c1-15(22)14-11(7-21)12(25-10-5-8(17)4-9(18)6-10)2-3-13(14)26(23,24)16(15,19)20/h2-6,22H,1H3. The van der Waals surface area contributed by atoms with Crippen LogP contribution < -0.4 is 4.74 Å². The molecule has 0 amide bonds. The van der Waals surface area contributed by atoms with E-state index in [2.05, 4.69) is 0 Å². The van der Waals surface area contributed by atoms with Gasteiger partial charge in [0.2, 0.25) is 9.84 Å². The first kappa shape index (κ1) is 18.2. The van der Waals surface area contributed by atoms with Crippen molar-refractivity contribution < 1.29 is 35.8 Å². The van der Waals surface area contributed by atoms with Crippen molar-refractivity contribution in [2.24, 2.45) is 0 Å². The maximum absolute atomic E-state index is 14.2. The van der Waals surface area contributed by atoms with E-state index >= 15 is 0 Å². The summed E-state index contributed by atoms with van der Waals surface area (Å²) in [7, 11) is -5.24. The summed E-state index contributed by atoms with van der Waals surface area (Å²) in [5.74, 6) is -2.79. The lowest BCUT2D eigenvalue weighted by Crippen LogP contribution is -2.42. The van der Waals surface area contributed by atoms with Crippen molar-refractivity contribution >= 4 is 9.84 Å². The van der Waals surface area contributed by atoms with E-state index in [1.165, 1.54) is 6.07 Å². The maximum Gasteiger partial charge on any atom is 0.381 e. The number of alkyl halides is 2. The van der Waals surface area contributed by atoms with Crippen LogP contribution in [0.1, 0.15) is 18.1 Å². The number of sulfone groups is 1. The molecule has 2 aromatic carbocycles. The van der Waals surface area contributed by atoms with Crippen LogP contribution in [0, 0.1) is 23.0 Å². The van der Waals surface area contributed by atoms with Crippen molar-refractivity contribution in [3.63, 3.8) is 0 Å². The van der Waals surface area contributed by atoms with Crippen LogP contribution in [0.25, 0.3) is 0 Å². The average molecular weight is 387 g/mol. The number of hydrogen-bond acceptors (Lipinski definition) is 5. The lowest BCUT2D eigenvalue weighted by Gasteiger charge is -2.25. The summed E-state index contributed by atoms with van der Waals surface area (Å²) >= 11 is 0. The zero-order valence-electron chi connectivity index (χ0n) is 12.9. The fourth-order valence-corrected chi connectivity index (χ4v) is 4.45. The molecule has 1 atom stereocenters. The van der Waals surface area contributed by atoms with Gasteiger partial charge in [0.25, 0.3) is 0 Å². The molecule has 0 fully saturated rings. The minimum Gasteiger partial charge on any atom is -0.456 e. The van der Waals surface area contributed by atoms with Crippen LogP contribution in [0.2, 0.25) is 0 Å². The van der Waals surface area contributed by atoms with E-state index in [1.807, 2.05) is 0 Å². The Morgan fingerprint density at radius 3 is 2.27 bits per heavy atom. The monoisotopic (exact) mass is 387 g/mol. The molecule has 1 aliphatic rings. The molecule has 0 spiro atoms. The Kier molecular flexibility index (Phi) is 3.79. The third-order valence-corrected chi connectivity index (χ3v) is 5.98. The van der Waals surface area contributed by atoms with Gasteiger partial charge in [-0.05, 0) is 19.1 Å². The first-order valence-corrected chi connectivity index (χ1v) is 8.48. The van der Waals surface area contributed by atoms with Gasteiger partial charge in [0.1, 0.15) is 34.8 Å². The number of rotatable bonds is 2. The van der Waals surface area contributed by atoms with Crippen LogP contribution in [0.3, 0.4) is 0 Å². The first-order valence-electron chi connectivity index (χ1n) is 7.00. The molecular formula is C16H9F4NO4S.